The fourth-order valence-corrected chi connectivity index (χ4v) is 1.89. The van der Waals surface area contributed by atoms with E-state index in [2.05, 4.69) is 47.7 Å². The third-order valence-electron chi connectivity index (χ3n) is 2.72. The number of pyridine rings is 1. The molecule has 0 aliphatic heterocycles. The van der Waals surface area contributed by atoms with Gasteiger partial charge in [-0.2, -0.15) is 5.26 Å². The van der Waals surface area contributed by atoms with Gasteiger partial charge in [0.05, 0.1) is 0 Å². The van der Waals surface area contributed by atoms with Crippen molar-refractivity contribution in [1.29, 1.82) is 5.26 Å². The SMILES string of the molecule is CC(C)Nc1cccc(CNc2cccc(C#N)n2)c1. The third kappa shape index (κ3) is 3.99. The minimum atomic E-state index is 0.409. The Morgan fingerprint density at radius 2 is 2.00 bits per heavy atom. The van der Waals surface area contributed by atoms with Crippen molar-refractivity contribution in [3.8, 4) is 6.07 Å². The van der Waals surface area contributed by atoms with Crippen molar-refractivity contribution >= 4 is 11.5 Å². The van der Waals surface area contributed by atoms with Gasteiger partial charge in [-0.05, 0) is 43.7 Å². The van der Waals surface area contributed by atoms with Gasteiger partial charge in [-0.3, -0.25) is 0 Å². The predicted molar refractivity (Wildman–Crippen MR) is 81.5 cm³/mol. The lowest BCUT2D eigenvalue weighted by Crippen LogP contribution is -2.10. The fourth-order valence-electron chi connectivity index (χ4n) is 1.89. The van der Waals surface area contributed by atoms with E-state index >= 15 is 0 Å². The van der Waals surface area contributed by atoms with Crippen LogP contribution in [0.3, 0.4) is 0 Å². The summed E-state index contributed by atoms with van der Waals surface area (Å²) in [6, 6.07) is 16.1. The van der Waals surface area contributed by atoms with Crippen LogP contribution in [-0.2, 0) is 6.54 Å². The van der Waals surface area contributed by atoms with Crippen LogP contribution < -0.4 is 10.6 Å². The lowest BCUT2D eigenvalue weighted by molar-refractivity contribution is 0.899. The van der Waals surface area contributed by atoms with Crippen LogP contribution in [0.15, 0.2) is 42.5 Å². The average molecular weight is 266 g/mol. The first-order chi connectivity index (χ1) is 9.67. The molecule has 0 aliphatic rings. The summed E-state index contributed by atoms with van der Waals surface area (Å²) in [5.41, 5.74) is 2.70. The van der Waals surface area contributed by atoms with Crippen LogP contribution in [0.1, 0.15) is 25.1 Å². The van der Waals surface area contributed by atoms with Gasteiger partial charge in [0.1, 0.15) is 17.6 Å². The largest absolute Gasteiger partial charge is 0.383 e. The Kier molecular flexibility index (Phi) is 4.56. The predicted octanol–water partition coefficient (Wildman–Crippen LogP) is 3.39. The molecule has 4 nitrogen and oxygen atoms in total. The molecule has 1 aromatic carbocycles. The lowest BCUT2D eigenvalue weighted by Gasteiger charge is -2.12. The van der Waals surface area contributed by atoms with Gasteiger partial charge in [-0.1, -0.05) is 18.2 Å². The van der Waals surface area contributed by atoms with Crippen LogP contribution in [0.4, 0.5) is 11.5 Å². The van der Waals surface area contributed by atoms with Crippen molar-refractivity contribution in [3.63, 3.8) is 0 Å². The summed E-state index contributed by atoms with van der Waals surface area (Å²) in [6.45, 7) is 4.90. The number of benzene rings is 1. The Bertz CT molecular complexity index is 614. The normalized spacial score (nSPS) is 10.1. The molecule has 1 aromatic heterocycles. The van der Waals surface area contributed by atoms with Crippen molar-refractivity contribution in [1.82, 2.24) is 4.98 Å². The van der Waals surface area contributed by atoms with Gasteiger partial charge < -0.3 is 10.6 Å². The zero-order valence-corrected chi connectivity index (χ0v) is 11.7. The van der Waals surface area contributed by atoms with Crippen molar-refractivity contribution in [2.75, 3.05) is 10.6 Å². The monoisotopic (exact) mass is 266 g/mol. The van der Waals surface area contributed by atoms with Crippen molar-refractivity contribution in [3.05, 3.63) is 53.7 Å². The smallest absolute Gasteiger partial charge is 0.142 e. The van der Waals surface area contributed by atoms with Crippen molar-refractivity contribution in [2.45, 2.75) is 26.4 Å². The van der Waals surface area contributed by atoms with Gasteiger partial charge in [0.15, 0.2) is 0 Å². The highest BCUT2D eigenvalue weighted by molar-refractivity contribution is 5.47. The Labute approximate surface area is 119 Å². The Morgan fingerprint density at radius 1 is 1.20 bits per heavy atom. The number of aromatic nitrogens is 1. The van der Waals surface area contributed by atoms with E-state index in [0.717, 1.165) is 5.69 Å². The summed E-state index contributed by atoms with van der Waals surface area (Å²) in [4.78, 5) is 4.19. The first-order valence-electron chi connectivity index (χ1n) is 6.64. The highest BCUT2D eigenvalue weighted by Crippen LogP contribution is 2.13. The third-order valence-corrected chi connectivity index (χ3v) is 2.72. The fraction of sp³-hybridized carbons (Fsp3) is 0.250. The summed E-state index contributed by atoms with van der Waals surface area (Å²) in [5.74, 6) is 0.714. The number of hydrogen-bond donors (Lipinski definition) is 2. The number of anilines is 2. The van der Waals surface area contributed by atoms with E-state index < -0.39 is 0 Å². The molecular formula is C16H18N4. The second-order valence-electron chi connectivity index (χ2n) is 4.87. The lowest BCUT2D eigenvalue weighted by atomic mass is 10.2. The number of nitriles is 1. The zero-order valence-electron chi connectivity index (χ0n) is 11.7. The second-order valence-corrected chi connectivity index (χ2v) is 4.87. The highest BCUT2D eigenvalue weighted by atomic mass is 15.0. The topological polar surface area (TPSA) is 60.7 Å². The van der Waals surface area contributed by atoms with Crippen LogP contribution in [0.25, 0.3) is 0 Å². The summed E-state index contributed by atoms with van der Waals surface area (Å²) in [5, 5.41) is 15.4. The molecule has 2 rings (SSSR count). The Morgan fingerprint density at radius 3 is 2.75 bits per heavy atom. The molecule has 0 saturated carbocycles. The van der Waals surface area contributed by atoms with E-state index in [0.29, 0.717) is 24.1 Å². The summed E-state index contributed by atoms with van der Waals surface area (Å²) >= 11 is 0. The minimum absolute atomic E-state index is 0.409. The van der Waals surface area contributed by atoms with E-state index in [-0.39, 0.29) is 0 Å². The van der Waals surface area contributed by atoms with Crippen LogP contribution in [-0.4, -0.2) is 11.0 Å². The van der Waals surface area contributed by atoms with Gasteiger partial charge >= 0.3 is 0 Å². The molecule has 0 radical (unpaired) electrons. The average Bonchev–Trinajstić information content (AvgIpc) is 2.45. The minimum Gasteiger partial charge on any atom is -0.383 e. The molecule has 0 fully saturated rings. The van der Waals surface area contributed by atoms with Gasteiger partial charge in [0, 0.05) is 18.3 Å². The van der Waals surface area contributed by atoms with Gasteiger partial charge in [0.25, 0.3) is 0 Å². The number of hydrogen-bond acceptors (Lipinski definition) is 4. The van der Waals surface area contributed by atoms with Gasteiger partial charge in [-0.15, -0.1) is 0 Å². The Balaban J connectivity index is 2.01. The number of rotatable bonds is 5. The summed E-state index contributed by atoms with van der Waals surface area (Å²) < 4.78 is 0. The van der Waals surface area contributed by atoms with Crippen molar-refractivity contribution in [2.24, 2.45) is 0 Å². The quantitative estimate of drug-likeness (QED) is 0.871. The molecule has 0 bridgehead atoms. The molecule has 0 atom stereocenters. The summed E-state index contributed by atoms with van der Waals surface area (Å²) in [7, 11) is 0. The first kappa shape index (κ1) is 13.9. The highest BCUT2D eigenvalue weighted by Gasteiger charge is 2.00. The maximum absolute atomic E-state index is 8.82. The standard InChI is InChI=1S/C16H18N4/c1-12(2)19-14-6-3-5-13(9-14)11-18-16-8-4-7-15(10-17)20-16/h3-9,12,19H,11H2,1-2H3,(H,18,20). The molecule has 0 unspecified atom stereocenters. The van der Waals surface area contributed by atoms with Crippen molar-refractivity contribution < 1.29 is 0 Å². The van der Waals surface area contributed by atoms with E-state index in [4.69, 9.17) is 5.26 Å². The molecule has 0 aliphatic carbocycles. The molecule has 20 heavy (non-hydrogen) atoms. The van der Waals surface area contributed by atoms with E-state index in [1.165, 1.54) is 5.56 Å². The van der Waals surface area contributed by atoms with Gasteiger partial charge in [0.2, 0.25) is 0 Å². The molecular weight excluding hydrogens is 248 g/mol. The number of nitrogens with zero attached hydrogens (tertiary/aromatic N) is 2. The molecule has 2 aromatic rings. The molecule has 1 heterocycles. The maximum atomic E-state index is 8.82. The van der Waals surface area contributed by atoms with Crippen LogP contribution in [0, 0.1) is 11.3 Å². The molecule has 102 valence electrons. The van der Waals surface area contributed by atoms with Crippen LogP contribution in [0.5, 0.6) is 0 Å². The van der Waals surface area contributed by atoms with E-state index in [1.54, 1.807) is 6.07 Å². The summed E-state index contributed by atoms with van der Waals surface area (Å²) in [6.07, 6.45) is 0. The van der Waals surface area contributed by atoms with E-state index in [1.807, 2.05) is 24.3 Å². The second kappa shape index (κ2) is 6.58. The van der Waals surface area contributed by atoms with Crippen LogP contribution in [0.2, 0.25) is 0 Å². The molecule has 4 heteroatoms. The zero-order chi connectivity index (χ0) is 14.4. The number of nitrogens with one attached hydrogen (secondary N) is 2. The Hall–Kier alpha value is -2.54. The first-order valence-corrected chi connectivity index (χ1v) is 6.64. The van der Waals surface area contributed by atoms with Crippen LogP contribution >= 0.6 is 0 Å². The molecule has 0 amide bonds. The molecule has 2 N–H and O–H groups in total. The maximum Gasteiger partial charge on any atom is 0.142 e. The molecule has 0 saturated heterocycles. The van der Waals surface area contributed by atoms with E-state index in [9.17, 15) is 0 Å². The van der Waals surface area contributed by atoms with Gasteiger partial charge in [-0.25, -0.2) is 4.98 Å². The molecule has 0 spiro atoms.